The van der Waals surface area contributed by atoms with E-state index in [0.717, 1.165) is 0 Å². The molecule has 186 valence electrons. The van der Waals surface area contributed by atoms with Crippen molar-refractivity contribution in [3.8, 4) is 11.6 Å². The average molecular weight is 495 g/mol. The van der Waals surface area contributed by atoms with Crippen LogP contribution in [0.3, 0.4) is 0 Å². The molecule has 0 saturated carbocycles. The molecule has 0 aromatic carbocycles. The maximum Gasteiger partial charge on any atom is 0.407 e. The van der Waals surface area contributed by atoms with Crippen LogP contribution in [0.25, 0.3) is 0 Å². The largest absolute Gasteiger partial charge is 0.489 e. The lowest BCUT2D eigenvalue weighted by Crippen LogP contribution is -2.41. The van der Waals surface area contributed by atoms with Gasteiger partial charge in [-0.05, 0) is 26.0 Å². The number of carbonyl (C=O) groups is 1. The number of hydrogen-bond acceptors (Lipinski definition) is 10. The smallest absolute Gasteiger partial charge is 0.407 e. The highest BCUT2D eigenvalue weighted by Gasteiger charge is 2.26. The molecule has 0 aliphatic carbocycles. The van der Waals surface area contributed by atoms with E-state index < -0.39 is 21.2 Å². The number of aromatic nitrogens is 3. The predicted octanol–water partition coefficient (Wildman–Crippen LogP) is 2.30. The van der Waals surface area contributed by atoms with Crippen LogP contribution in [0.15, 0.2) is 18.5 Å². The summed E-state index contributed by atoms with van der Waals surface area (Å²) in [7, 11) is -1.64. The highest BCUT2D eigenvalue weighted by atomic mass is 32.2. The molecule has 1 aliphatic rings. The third-order valence-electron chi connectivity index (χ3n) is 5.61. The number of nitrogens with one attached hydrogen (secondary N) is 2. The Kier molecular flexibility index (Phi) is 7.97. The Balaban J connectivity index is 1.69. The second kappa shape index (κ2) is 10.7. The Morgan fingerprint density at radius 2 is 2.00 bits per heavy atom. The van der Waals surface area contributed by atoms with E-state index in [-0.39, 0.29) is 18.5 Å². The maximum atomic E-state index is 11.6. The van der Waals surface area contributed by atoms with Gasteiger partial charge in [0, 0.05) is 38.7 Å². The summed E-state index contributed by atoms with van der Waals surface area (Å²) in [4.78, 5) is 25.4. The molecule has 2 aromatic rings. The van der Waals surface area contributed by atoms with Crippen molar-refractivity contribution in [1.82, 2.24) is 19.9 Å². The van der Waals surface area contributed by atoms with Crippen LogP contribution in [0.2, 0.25) is 0 Å². The van der Waals surface area contributed by atoms with E-state index in [1.807, 2.05) is 6.92 Å². The van der Waals surface area contributed by atoms with Crippen LogP contribution in [0.4, 0.5) is 22.1 Å². The number of carboxylic acid groups (broad SMARTS) is 1. The van der Waals surface area contributed by atoms with Crippen molar-refractivity contribution in [2.24, 2.45) is 0 Å². The van der Waals surface area contributed by atoms with E-state index in [9.17, 15) is 13.2 Å². The SMILES string of the molecule is COc1c(Nc2ccc(NCC(C)S(C)(=O)=O)nc2C)ncnc1OC1CCN(C(=O)O)CC1. The van der Waals surface area contributed by atoms with Crippen molar-refractivity contribution in [2.75, 3.05) is 43.6 Å². The number of nitrogens with zero attached hydrogens (tertiary/aromatic N) is 4. The minimum absolute atomic E-state index is 0.185. The fraction of sp³-hybridized carbons (Fsp3) is 0.524. The molecule has 0 radical (unpaired) electrons. The Morgan fingerprint density at radius 3 is 2.59 bits per heavy atom. The third-order valence-corrected chi connectivity index (χ3v) is 7.23. The number of hydrogen-bond donors (Lipinski definition) is 3. The van der Waals surface area contributed by atoms with E-state index >= 15 is 0 Å². The van der Waals surface area contributed by atoms with Crippen molar-refractivity contribution < 1.29 is 27.8 Å². The number of sulfone groups is 1. The maximum absolute atomic E-state index is 11.6. The lowest BCUT2D eigenvalue weighted by Gasteiger charge is -2.30. The molecule has 1 aliphatic heterocycles. The summed E-state index contributed by atoms with van der Waals surface area (Å²) in [6.45, 7) is 4.50. The van der Waals surface area contributed by atoms with Gasteiger partial charge in [0.1, 0.15) is 18.2 Å². The van der Waals surface area contributed by atoms with Gasteiger partial charge in [-0.25, -0.2) is 23.2 Å². The predicted molar refractivity (Wildman–Crippen MR) is 127 cm³/mol. The molecule has 1 saturated heterocycles. The van der Waals surface area contributed by atoms with Crippen LogP contribution in [0.1, 0.15) is 25.5 Å². The summed E-state index contributed by atoms with van der Waals surface area (Å²) in [6.07, 6.45) is 2.56. The van der Waals surface area contributed by atoms with Crippen LogP contribution in [0, 0.1) is 6.92 Å². The molecular weight excluding hydrogens is 464 g/mol. The van der Waals surface area contributed by atoms with E-state index in [4.69, 9.17) is 14.6 Å². The summed E-state index contributed by atoms with van der Waals surface area (Å²) >= 11 is 0. The number of piperidine rings is 1. The van der Waals surface area contributed by atoms with Crippen LogP contribution >= 0.6 is 0 Å². The number of methoxy groups -OCH3 is 1. The zero-order valence-electron chi connectivity index (χ0n) is 19.6. The first kappa shape index (κ1) is 25.3. The molecule has 12 nitrogen and oxygen atoms in total. The van der Waals surface area contributed by atoms with Crippen LogP contribution < -0.4 is 20.1 Å². The molecule has 1 amide bonds. The van der Waals surface area contributed by atoms with Crippen LogP contribution in [-0.4, -0.2) is 83.8 Å². The minimum atomic E-state index is -3.13. The summed E-state index contributed by atoms with van der Waals surface area (Å²) in [5, 5.41) is 14.8. The molecule has 3 rings (SSSR count). The molecule has 0 bridgehead atoms. The van der Waals surface area contributed by atoms with E-state index in [1.54, 1.807) is 19.1 Å². The van der Waals surface area contributed by atoms with E-state index in [0.29, 0.717) is 54.7 Å². The molecule has 3 N–H and O–H groups in total. The number of aryl methyl sites for hydroxylation is 1. The van der Waals surface area contributed by atoms with Crippen molar-refractivity contribution in [3.05, 3.63) is 24.2 Å². The van der Waals surface area contributed by atoms with Gasteiger partial charge in [0.25, 0.3) is 5.88 Å². The lowest BCUT2D eigenvalue weighted by molar-refractivity contribution is 0.0852. The molecule has 1 unspecified atom stereocenters. The van der Waals surface area contributed by atoms with E-state index in [2.05, 4.69) is 25.6 Å². The van der Waals surface area contributed by atoms with Gasteiger partial charge >= 0.3 is 6.09 Å². The lowest BCUT2D eigenvalue weighted by atomic mass is 10.1. The van der Waals surface area contributed by atoms with Gasteiger partial charge < -0.3 is 30.1 Å². The first-order chi connectivity index (χ1) is 16.1. The van der Waals surface area contributed by atoms with E-state index in [1.165, 1.54) is 24.6 Å². The Bertz CT molecular complexity index is 1120. The van der Waals surface area contributed by atoms with Crippen LogP contribution in [0.5, 0.6) is 11.6 Å². The summed E-state index contributed by atoms with van der Waals surface area (Å²) in [5.41, 5.74) is 1.35. The Hall–Kier alpha value is -3.35. The molecule has 34 heavy (non-hydrogen) atoms. The number of likely N-dealkylation sites (tertiary alicyclic amines) is 1. The standard InChI is InChI=1S/C21H30N6O6S/c1-13(34(4,30)31)11-22-17-6-5-16(14(2)25-17)26-19-18(32-3)20(24-12-23-19)33-15-7-9-27(10-8-15)21(28)29/h5-6,12-13,15H,7-11H2,1-4H3,(H,22,25)(H,28,29)(H,23,24,26). The average Bonchev–Trinajstić information content (AvgIpc) is 2.79. The highest BCUT2D eigenvalue weighted by molar-refractivity contribution is 7.91. The molecule has 2 aromatic heterocycles. The molecule has 1 fully saturated rings. The Morgan fingerprint density at radius 1 is 1.29 bits per heavy atom. The summed E-state index contributed by atoms with van der Waals surface area (Å²) < 4.78 is 34.7. The number of anilines is 3. The Labute approximate surface area is 198 Å². The molecule has 0 spiro atoms. The summed E-state index contributed by atoms with van der Waals surface area (Å²) in [6, 6.07) is 3.55. The number of ether oxygens (including phenoxy) is 2. The molecule has 13 heteroatoms. The molecular formula is C21H30N6O6S. The zero-order valence-corrected chi connectivity index (χ0v) is 20.4. The van der Waals surface area contributed by atoms with Gasteiger partial charge in [-0.15, -0.1) is 0 Å². The number of pyridine rings is 1. The zero-order chi connectivity index (χ0) is 24.9. The first-order valence-corrected chi connectivity index (χ1v) is 12.7. The van der Waals surface area contributed by atoms with Crippen molar-refractivity contribution in [2.45, 2.75) is 38.0 Å². The summed E-state index contributed by atoms with van der Waals surface area (Å²) in [5.74, 6) is 1.55. The van der Waals surface area contributed by atoms with Crippen molar-refractivity contribution in [1.29, 1.82) is 0 Å². The first-order valence-electron chi connectivity index (χ1n) is 10.8. The number of amides is 1. The van der Waals surface area contributed by atoms with Gasteiger partial charge in [0.15, 0.2) is 15.7 Å². The highest BCUT2D eigenvalue weighted by Crippen LogP contribution is 2.35. The molecule has 1 atom stereocenters. The fourth-order valence-electron chi connectivity index (χ4n) is 3.36. The van der Waals surface area contributed by atoms with Gasteiger partial charge in [0.2, 0.25) is 5.75 Å². The van der Waals surface area contributed by atoms with Gasteiger partial charge in [-0.1, -0.05) is 0 Å². The normalized spacial score (nSPS) is 15.5. The van der Waals surface area contributed by atoms with Crippen LogP contribution in [-0.2, 0) is 9.84 Å². The second-order valence-corrected chi connectivity index (χ2v) is 10.6. The quantitative estimate of drug-likeness (QED) is 0.470. The third kappa shape index (κ3) is 6.37. The van der Waals surface area contributed by atoms with Crippen molar-refractivity contribution in [3.63, 3.8) is 0 Å². The van der Waals surface area contributed by atoms with Gasteiger partial charge in [0.05, 0.1) is 23.7 Å². The fourth-order valence-corrected chi connectivity index (χ4v) is 3.74. The van der Waals surface area contributed by atoms with Crippen molar-refractivity contribution >= 4 is 33.3 Å². The molecule has 3 heterocycles. The van der Waals surface area contributed by atoms with Gasteiger partial charge in [-0.3, -0.25) is 0 Å². The second-order valence-electron chi connectivity index (χ2n) is 8.12. The minimum Gasteiger partial charge on any atom is -0.489 e. The topological polar surface area (TPSA) is 156 Å². The van der Waals surface area contributed by atoms with Gasteiger partial charge in [-0.2, -0.15) is 4.98 Å². The number of rotatable bonds is 9. The monoisotopic (exact) mass is 494 g/mol.